The summed E-state index contributed by atoms with van der Waals surface area (Å²) in [6.07, 6.45) is 0.965. The van der Waals surface area contributed by atoms with Gasteiger partial charge in [0, 0.05) is 23.6 Å². The Labute approximate surface area is 132 Å². The molecule has 116 valence electrons. The molecular formula is C13H17BrN2O4S. The minimum Gasteiger partial charge on any atom is -0.258 e. The van der Waals surface area contributed by atoms with Crippen molar-refractivity contribution in [3.8, 4) is 0 Å². The Balaban J connectivity index is 2.49. The van der Waals surface area contributed by atoms with Gasteiger partial charge in [-0.1, -0.05) is 29.8 Å². The SMILES string of the molecule is CC1CC(C)CN(S(=O)(=O)c2cc(Br)ccc2[N+](=O)[O-])C1. The van der Waals surface area contributed by atoms with Gasteiger partial charge in [-0.2, -0.15) is 4.31 Å². The number of halogens is 1. The molecule has 0 aromatic heterocycles. The second kappa shape index (κ2) is 6.02. The van der Waals surface area contributed by atoms with Crippen LogP contribution in [0.2, 0.25) is 0 Å². The average Bonchev–Trinajstić information content (AvgIpc) is 2.37. The smallest absolute Gasteiger partial charge is 0.258 e. The molecule has 0 N–H and O–H groups in total. The first-order valence-corrected chi connectivity index (χ1v) is 8.89. The van der Waals surface area contributed by atoms with Crippen molar-refractivity contribution < 1.29 is 13.3 Å². The van der Waals surface area contributed by atoms with Crippen molar-refractivity contribution in [3.05, 3.63) is 32.8 Å². The van der Waals surface area contributed by atoms with Crippen LogP contribution in [-0.2, 0) is 10.0 Å². The van der Waals surface area contributed by atoms with Gasteiger partial charge in [-0.3, -0.25) is 10.1 Å². The Morgan fingerprint density at radius 3 is 2.38 bits per heavy atom. The largest absolute Gasteiger partial charge is 0.289 e. The molecule has 1 aromatic carbocycles. The van der Waals surface area contributed by atoms with Crippen molar-refractivity contribution >= 4 is 31.6 Å². The van der Waals surface area contributed by atoms with E-state index in [9.17, 15) is 18.5 Å². The molecular weight excluding hydrogens is 360 g/mol. The maximum absolute atomic E-state index is 12.8. The van der Waals surface area contributed by atoms with E-state index in [4.69, 9.17) is 0 Å². The molecule has 0 spiro atoms. The first-order chi connectivity index (χ1) is 9.71. The van der Waals surface area contributed by atoms with Crippen LogP contribution < -0.4 is 0 Å². The highest BCUT2D eigenvalue weighted by Crippen LogP contribution is 2.32. The Bertz CT molecular complexity index is 652. The summed E-state index contributed by atoms with van der Waals surface area (Å²) in [5, 5.41) is 11.1. The van der Waals surface area contributed by atoms with Gasteiger partial charge in [-0.25, -0.2) is 8.42 Å². The van der Waals surface area contributed by atoms with Crippen LogP contribution in [0, 0.1) is 22.0 Å². The lowest BCUT2D eigenvalue weighted by molar-refractivity contribution is -0.387. The predicted octanol–water partition coefficient (Wildman–Crippen LogP) is 3.02. The lowest BCUT2D eigenvalue weighted by Gasteiger charge is -2.33. The molecule has 2 atom stereocenters. The summed E-state index contributed by atoms with van der Waals surface area (Å²) in [5.41, 5.74) is -0.385. The Morgan fingerprint density at radius 1 is 1.29 bits per heavy atom. The van der Waals surface area contributed by atoms with Crippen LogP contribution in [-0.4, -0.2) is 30.7 Å². The topological polar surface area (TPSA) is 80.5 Å². The monoisotopic (exact) mass is 376 g/mol. The van der Waals surface area contributed by atoms with Crippen LogP contribution in [0.15, 0.2) is 27.6 Å². The van der Waals surface area contributed by atoms with Crippen LogP contribution in [0.5, 0.6) is 0 Å². The molecule has 1 heterocycles. The fraction of sp³-hybridized carbons (Fsp3) is 0.538. The number of hydrogen-bond donors (Lipinski definition) is 0. The zero-order valence-corrected chi connectivity index (χ0v) is 14.2. The van der Waals surface area contributed by atoms with E-state index in [-0.39, 0.29) is 22.4 Å². The molecule has 6 nitrogen and oxygen atoms in total. The molecule has 1 fully saturated rings. The van der Waals surface area contributed by atoms with E-state index in [0.29, 0.717) is 17.6 Å². The minimum absolute atomic E-state index is 0.245. The third-order valence-electron chi connectivity index (χ3n) is 3.57. The van der Waals surface area contributed by atoms with Crippen molar-refractivity contribution in [3.63, 3.8) is 0 Å². The third kappa shape index (κ3) is 3.44. The molecule has 8 heteroatoms. The van der Waals surface area contributed by atoms with E-state index in [1.807, 2.05) is 13.8 Å². The van der Waals surface area contributed by atoms with Crippen LogP contribution in [0.1, 0.15) is 20.3 Å². The first-order valence-electron chi connectivity index (χ1n) is 6.66. The highest BCUT2D eigenvalue weighted by atomic mass is 79.9. The fourth-order valence-electron chi connectivity index (χ4n) is 2.79. The molecule has 1 saturated heterocycles. The highest BCUT2D eigenvalue weighted by Gasteiger charge is 2.35. The van der Waals surface area contributed by atoms with Crippen LogP contribution in [0.25, 0.3) is 0 Å². The van der Waals surface area contributed by atoms with E-state index in [0.717, 1.165) is 6.42 Å². The van der Waals surface area contributed by atoms with E-state index in [1.165, 1.54) is 22.5 Å². The van der Waals surface area contributed by atoms with Crippen molar-refractivity contribution in [1.82, 2.24) is 4.31 Å². The molecule has 0 aliphatic carbocycles. The van der Waals surface area contributed by atoms with E-state index in [1.54, 1.807) is 0 Å². The minimum atomic E-state index is -3.86. The van der Waals surface area contributed by atoms with Crippen LogP contribution >= 0.6 is 15.9 Å². The van der Waals surface area contributed by atoms with Crippen molar-refractivity contribution in [2.24, 2.45) is 11.8 Å². The highest BCUT2D eigenvalue weighted by molar-refractivity contribution is 9.10. The number of benzene rings is 1. The van der Waals surface area contributed by atoms with Gasteiger partial charge in [-0.15, -0.1) is 0 Å². The number of piperidine rings is 1. The second-order valence-electron chi connectivity index (χ2n) is 5.64. The van der Waals surface area contributed by atoms with E-state index in [2.05, 4.69) is 15.9 Å². The Kier molecular flexibility index (Phi) is 4.69. The fourth-order valence-corrected chi connectivity index (χ4v) is 5.16. The second-order valence-corrected chi connectivity index (χ2v) is 8.46. The molecule has 2 unspecified atom stereocenters. The normalized spacial score (nSPS) is 24.0. The number of rotatable bonds is 3. The summed E-state index contributed by atoms with van der Waals surface area (Å²) in [6.45, 7) is 4.79. The lowest BCUT2D eigenvalue weighted by Crippen LogP contribution is -2.42. The molecule has 21 heavy (non-hydrogen) atoms. The number of nitro benzene ring substituents is 1. The molecule has 0 bridgehead atoms. The molecule has 0 radical (unpaired) electrons. The van der Waals surface area contributed by atoms with E-state index < -0.39 is 14.9 Å². The zero-order chi connectivity index (χ0) is 15.8. The van der Waals surface area contributed by atoms with Crippen molar-refractivity contribution in [2.45, 2.75) is 25.2 Å². The van der Waals surface area contributed by atoms with Crippen LogP contribution in [0.4, 0.5) is 5.69 Å². The van der Waals surface area contributed by atoms with Gasteiger partial charge in [0.25, 0.3) is 5.69 Å². The third-order valence-corrected chi connectivity index (χ3v) is 5.93. The predicted molar refractivity (Wildman–Crippen MR) is 82.5 cm³/mol. The summed E-state index contributed by atoms with van der Waals surface area (Å²) >= 11 is 3.18. The molecule has 1 aliphatic rings. The molecule has 0 amide bonds. The van der Waals surface area contributed by atoms with Gasteiger partial charge in [-0.05, 0) is 30.4 Å². The summed E-state index contributed by atoms with van der Waals surface area (Å²) < 4.78 is 27.4. The number of sulfonamides is 1. The van der Waals surface area contributed by atoms with Gasteiger partial charge in [0.15, 0.2) is 4.90 Å². The van der Waals surface area contributed by atoms with Gasteiger partial charge in [0.1, 0.15) is 0 Å². The Hall–Kier alpha value is -0.990. The molecule has 2 rings (SSSR count). The number of nitrogens with zero attached hydrogens (tertiary/aromatic N) is 2. The summed E-state index contributed by atoms with van der Waals surface area (Å²) in [5.74, 6) is 0.490. The average molecular weight is 377 g/mol. The van der Waals surface area contributed by atoms with Crippen LogP contribution in [0.3, 0.4) is 0 Å². The molecule has 1 aliphatic heterocycles. The summed E-state index contributed by atoms with van der Waals surface area (Å²) in [4.78, 5) is 10.2. The van der Waals surface area contributed by atoms with E-state index >= 15 is 0 Å². The van der Waals surface area contributed by atoms with Gasteiger partial charge in [0.05, 0.1) is 4.92 Å². The van der Waals surface area contributed by atoms with Gasteiger partial charge in [0.2, 0.25) is 10.0 Å². The summed E-state index contributed by atoms with van der Waals surface area (Å²) in [6, 6.07) is 3.99. The Morgan fingerprint density at radius 2 is 1.86 bits per heavy atom. The standard InChI is InChI=1S/C13H17BrN2O4S/c1-9-5-10(2)8-15(7-9)21(19,20)13-6-11(14)3-4-12(13)16(17)18/h3-4,6,9-10H,5,7-8H2,1-2H3. The first kappa shape index (κ1) is 16.4. The maximum Gasteiger partial charge on any atom is 0.289 e. The van der Waals surface area contributed by atoms with Gasteiger partial charge < -0.3 is 0 Å². The number of nitro groups is 1. The maximum atomic E-state index is 12.8. The molecule has 1 aromatic rings. The number of hydrogen-bond acceptors (Lipinski definition) is 4. The molecule has 0 saturated carbocycles. The van der Waals surface area contributed by atoms with Crippen molar-refractivity contribution in [2.75, 3.05) is 13.1 Å². The van der Waals surface area contributed by atoms with Crippen molar-refractivity contribution in [1.29, 1.82) is 0 Å². The van der Waals surface area contributed by atoms with Gasteiger partial charge >= 0.3 is 0 Å². The lowest BCUT2D eigenvalue weighted by atomic mass is 9.94. The summed E-state index contributed by atoms with van der Waals surface area (Å²) in [7, 11) is -3.86. The quantitative estimate of drug-likeness (QED) is 0.599. The zero-order valence-electron chi connectivity index (χ0n) is 11.8.